The summed E-state index contributed by atoms with van der Waals surface area (Å²) in [6.07, 6.45) is 7.41. The van der Waals surface area contributed by atoms with E-state index >= 15 is 0 Å². The molecule has 0 spiro atoms. The quantitative estimate of drug-likeness (QED) is 0.495. The lowest BCUT2D eigenvalue weighted by Gasteiger charge is -2.01. The average Bonchev–Trinajstić information content (AvgIpc) is 2.50. The Bertz CT molecular complexity index is 191. The van der Waals surface area contributed by atoms with E-state index in [-0.39, 0.29) is 0 Å². The molecule has 0 radical (unpaired) electrons. The zero-order chi connectivity index (χ0) is 7.94. The molecule has 3 heteroatoms. The van der Waals surface area contributed by atoms with Crippen LogP contribution >= 0.6 is 0 Å². The first-order chi connectivity index (χ1) is 5.43. The topological polar surface area (TPSA) is 29.9 Å². The third kappa shape index (κ3) is 3.00. The summed E-state index contributed by atoms with van der Waals surface area (Å²) in [5, 5.41) is 3.21. The van der Waals surface area contributed by atoms with E-state index in [2.05, 4.69) is 16.9 Å². The van der Waals surface area contributed by atoms with Crippen molar-refractivity contribution in [3.05, 3.63) is 31.4 Å². The van der Waals surface area contributed by atoms with Crippen LogP contribution in [0.2, 0.25) is 0 Å². The zero-order valence-corrected chi connectivity index (χ0v) is 6.53. The monoisotopic (exact) mass is 151 g/mol. The highest BCUT2D eigenvalue weighted by atomic mass is 15.0. The average molecular weight is 151 g/mol. The van der Waals surface area contributed by atoms with Crippen molar-refractivity contribution < 1.29 is 0 Å². The van der Waals surface area contributed by atoms with Crippen LogP contribution in [0.5, 0.6) is 0 Å². The van der Waals surface area contributed by atoms with Crippen molar-refractivity contribution in [2.24, 2.45) is 0 Å². The van der Waals surface area contributed by atoms with Gasteiger partial charge in [-0.15, -0.1) is 6.58 Å². The Hall–Kier alpha value is -1.09. The molecule has 11 heavy (non-hydrogen) atoms. The third-order valence-electron chi connectivity index (χ3n) is 1.39. The number of imidazole rings is 1. The first-order valence-electron chi connectivity index (χ1n) is 3.71. The second-order valence-electron chi connectivity index (χ2n) is 2.29. The van der Waals surface area contributed by atoms with Crippen LogP contribution in [0.4, 0.5) is 0 Å². The smallest absolute Gasteiger partial charge is 0.0946 e. The summed E-state index contributed by atoms with van der Waals surface area (Å²) in [6.45, 7) is 6.41. The Balaban J connectivity index is 2.09. The van der Waals surface area contributed by atoms with Crippen LogP contribution in [0.15, 0.2) is 31.4 Å². The highest BCUT2D eigenvalue weighted by Gasteiger charge is 1.86. The molecule has 0 unspecified atom stereocenters. The van der Waals surface area contributed by atoms with Crippen LogP contribution in [-0.4, -0.2) is 22.6 Å². The van der Waals surface area contributed by atoms with Gasteiger partial charge in [0.25, 0.3) is 0 Å². The molecule has 0 atom stereocenters. The molecule has 0 fully saturated rings. The van der Waals surface area contributed by atoms with Gasteiger partial charge in [0, 0.05) is 32.0 Å². The molecule has 0 aromatic carbocycles. The van der Waals surface area contributed by atoms with Crippen molar-refractivity contribution in [1.29, 1.82) is 0 Å². The molecule has 1 N–H and O–H groups in total. The number of nitrogens with one attached hydrogen (secondary N) is 1. The predicted molar refractivity (Wildman–Crippen MR) is 45.3 cm³/mol. The Morgan fingerprint density at radius 2 is 2.55 bits per heavy atom. The van der Waals surface area contributed by atoms with E-state index in [9.17, 15) is 0 Å². The van der Waals surface area contributed by atoms with Gasteiger partial charge in [0.2, 0.25) is 0 Å². The molecular formula is C8H13N3. The number of hydrogen-bond acceptors (Lipinski definition) is 2. The second kappa shape index (κ2) is 4.68. The van der Waals surface area contributed by atoms with E-state index in [0.29, 0.717) is 0 Å². The maximum Gasteiger partial charge on any atom is 0.0946 e. The zero-order valence-electron chi connectivity index (χ0n) is 6.53. The van der Waals surface area contributed by atoms with Gasteiger partial charge in [-0.2, -0.15) is 0 Å². The molecule has 1 aromatic heterocycles. The molecule has 0 aliphatic heterocycles. The van der Waals surface area contributed by atoms with E-state index in [0.717, 1.165) is 19.6 Å². The van der Waals surface area contributed by atoms with Gasteiger partial charge >= 0.3 is 0 Å². The molecule has 0 aliphatic carbocycles. The molecule has 1 rings (SSSR count). The fourth-order valence-corrected chi connectivity index (χ4v) is 0.831. The number of rotatable bonds is 5. The molecule has 0 saturated heterocycles. The van der Waals surface area contributed by atoms with Crippen LogP contribution in [0.3, 0.4) is 0 Å². The molecule has 3 nitrogen and oxygen atoms in total. The van der Waals surface area contributed by atoms with Crippen molar-refractivity contribution in [2.45, 2.75) is 6.54 Å². The lowest BCUT2D eigenvalue weighted by Crippen LogP contribution is -2.19. The molecule has 60 valence electrons. The van der Waals surface area contributed by atoms with Crippen molar-refractivity contribution in [1.82, 2.24) is 14.9 Å². The lowest BCUT2D eigenvalue weighted by molar-refractivity contribution is 0.625. The first-order valence-corrected chi connectivity index (χ1v) is 3.71. The van der Waals surface area contributed by atoms with Gasteiger partial charge in [-0.1, -0.05) is 6.08 Å². The Morgan fingerprint density at radius 1 is 1.64 bits per heavy atom. The summed E-state index contributed by atoms with van der Waals surface area (Å²) < 4.78 is 2.04. The van der Waals surface area contributed by atoms with Gasteiger partial charge in [-0.05, 0) is 0 Å². The van der Waals surface area contributed by atoms with Crippen LogP contribution in [0, 0.1) is 0 Å². The van der Waals surface area contributed by atoms with Crippen molar-refractivity contribution >= 4 is 0 Å². The van der Waals surface area contributed by atoms with Crippen molar-refractivity contribution in [2.75, 3.05) is 13.1 Å². The molecular weight excluding hydrogens is 138 g/mol. The van der Waals surface area contributed by atoms with E-state index in [1.165, 1.54) is 0 Å². The molecule has 1 aromatic rings. The van der Waals surface area contributed by atoms with Gasteiger partial charge in [0.05, 0.1) is 6.33 Å². The summed E-state index contributed by atoms with van der Waals surface area (Å²) in [4.78, 5) is 3.94. The minimum atomic E-state index is 0.870. The van der Waals surface area contributed by atoms with Crippen molar-refractivity contribution in [3.63, 3.8) is 0 Å². The van der Waals surface area contributed by atoms with Crippen LogP contribution < -0.4 is 5.32 Å². The van der Waals surface area contributed by atoms with Gasteiger partial charge in [0.1, 0.15) is 0 Å². The minimum Gasteiger partial charge on any atom is -0.336 e. The SMILES string of the molecule is C=CCNCCn1ccnc1. The molecule has 0 saturated carbocycles. The third-order valence-corrected chi connectivity index (χ3v) is 1.39. The van der Waals surface area contributed by atoms with Crippen LogP contribution in [0.25, 0.3) is 0 Å². The normalized spacial score (nSPS) is 9.82. The Kier molecular flexibility index (Phi) is 3.41. The number of nitrogens with zero attached hydrogens (tertiary/aromatic N) is 2. The van der Waals surface area contributed by atoms with Gasteiger partial charge in [-0.3, -0.25) is 0 Å². The van der Waals surface area contributed by atoms with Gasteiger partial charge in [0.15, 0.2) is 0 Å². The predicted octanol–water partition coefficient (Wildman–Crippen LogP) is 0.659. The minimum absolute atomic E-state index is 0.870. The summed E-state index contributed by atoms with van der Waals surface area (Å²) in [6, 6.07) is 0. The molecule has 0 bridgehead atoms. The maximum atomic E-state index is 3.94. The largest absolute Gasteiger partial charge is 0.336 e. The van der Waals surface area contributed by atoms with Gasteiger partial charge in [-0.25, -0.2) is 4.98 Å². The van der Waals surface area contributed by atoms with E-state index < -0.39 is 0 Å². The number of aromatic nitrogens is 2. The fourth-order valence-electron chi connectivity index (χ4n) is 0.831. The summed E-state index contributed by atoms with van der Waals surface area (Å²) in [5.74, 6) is 0. The Morgan fingerprint density at radius 3 is 3.18 bits per heavy atom. The van der Waals surface area contributed by atoms with Crippen LogP contribution in [0.1, 0.15) is 0 Å². The van der Waals surface area contributed by atoms with E-state index in [1.807, 2.05) is 23.2 Å². The van der Waals surface area contributed by atoms with E-state index in [4.69, 9.17) is 0 Å². The highest BCUT2D eigenvalue weighted by Crippen LogP contribution is 1.82. The Labute approximate surface area is 66.8 Å². The summed E-state index contributed by atoms with van der Waals surface area (Å²) in [7, 11) is 0. The van der Waals surface area contributed by atoms with Crippen molar-refractivity contribution in [3.8, 4) is 0 Å². The molecule has 1 heterocycles. The fraction of sp³-hybridized carbons (Fsp3) is 0.375. The summed E-state index contributed by atoms with van der Waals surface area (Å²) >= 11 is 0. The highest BCUT2D eigenvalue weighted by molar-refractivity contribution is 4.75. The lowest BCUT2D eigenvalue weighted by atomic mass is 10.5. The van der Waals surface area contributed by atoms with E-state index in [1.54, 1.807) is 6.20 Å². The van der Waals surface area contributed by atoms with Gasteiger partial charge < -0.3 is 9.88 Å². The maximum absolute atomic E-state index is 3.94. The molecule has 0 amide bonds. The number of hydrogen-bond donors (Lipinski definition) is 1. The standard InChI is InChI=1S/C8H13N3/c1-2-3-9-4-6-11-7-5-10-8-11/h2,5,7-9H,1,3-4,6H2. The molecule has 0 aliphatic rings. The first kappa shape index (κ1) is 8.01. The summed E-state index contributed by atoms with van der Waals surface area (Å²) in [5.41, 5.74) is 0. The van der Waals surface area contributed by atoms with Crippen LogP contribution in [-0.2, 0) is 6.54 Å². The second-order valence-corrected chi connectivity index (χ2v) is 2.29.